The van der Waals surface area contributed by atoms with Crippen LogP contribution in [0.4, 0.5) is 0 Å². The lowest BCUT2D eigenvalue weighted by atomic mass is 10.4. The van der Waals surface area contributed by atoms with Gasteiger partial charge in [-0.25, -0.2) is 4.98 Å². The molecular formula is C9H13ClN2OS. The van der Waals surface area contributed by atoms with Gasteiger partial charge in [-0.2, -0.15) is 0 Å². The molecule has 1 aromatic rings. The van der Waals surface area contributed by atoms with Gasteiger partial charge in [0, 0.05) is 30.2 Å². The average Bonchev–Trinajstić information content (AvgIpc) is 2.91. The van der Waals surface area contributed by atoms with E-state index in [1.165, 1.54) is 29.1 Å². The second-order valence-corrected chi connectivity index (χ2v) is 5.20. The molecule has 78 valence electrons. The molecule has 0 aliphatic heterocycles. The Morgan fingerprint density at radius 1 is 1.64 bits per heavy atom. The van der Waals surface area contributed by atoms with E-state index in [1.807, 2.05) is 6.20 Å². The predicted octanol–water partition coefficient (Wildman–Crippen LogP) is 1.75. The van der Waals surface area contributed by atoms with Crippen LogP contribution in [0.3, 0.4) is 0 Å². The fourth-order valence-electron chi connectivity index (χ4n) is 1.52. The molecule has 14 heavy (non-hydrogen) atoms. The zero-order valence-corrected chi connectivity index (χ0v) is 9.39. The molecular weight excluding hydrogens is 220 g/mol. The molecule has 1 aromatic heterocycles. The van der Waals surface area contributed by atoms with E-state index in [9.17, 15) is 0 Å². The van der Waals surface area contributed by atoms with Crippen molar-refractivity contribution >= 4 is 22.9 Å². The average molecular weight is 233 g/mol. The molecule has 1 fully saturated rings. The van der Waals surface area contributed by atoms with Crippen molar-refractivity contribution in [3.05, 3.63) is 15.5 Å². The van der Waals surface area contributed by atoms with Crippen LogP contribution in [0.25, 0.3) is 0 Å². The standard InChI is InChI=1S/C9H13ClN2OS/c10-9-11-5-8(14-9)6-12(3-4-13)7-1-2-7/h5,7,13H,1-4,6H2. The van der Waals surface area contributed by atoms with Crippen LogP contribution in [-0.2, 0) is 6.54 Å². The van der Waals surface area contributed by atoms with Crippen LogP contribution in [0, 0.1) is 0 Å². The molecule has 1 aliphatic rings. The maximum atomic E-state index is 8.92. The summed E-state index contributed by atoms with van der Waals surface area (Å²) in [6, 6.07) is 0.669. The molecule has 1 aliphatic carbocycles. The first-order valence-electron chi connectivity index (χ1n) is 4.74. The number of aromatic nitrogens is 1. The number of rotatable bonds is 5. The van der Waals surface area contributed by atoms with Crippen LogP contribution < -0.4 is 0 Å². The van der Waals surface area contributed by atoms with Crippen molar-refractivity contribution in [2.75, 3.05) is 13.2 Å². The van der Waals surface area contributed by atoms with Crippen molar-refractivity contribution in [3.63, 3.8) is 0 Å². The summed E-state index contributed by atoms with van der Waals surface area (Å²) in [5.74, 6) is 0. The van der Waals surface area contributed by atoms with Gasteiger partial charge in [0.15, 0.2) is 4.47 Å². The molecule has 0 spiro atoms. The number of halogens is 1. The highest BCUT2D eigenvalue weighted by molar-refractivity contribution is 7.15. The Kier molecular flexibility index (Phi) is 3.38. The van der Waals surface area contributed by atoms with E-state index < -0.39 is 0 Å². The number of thiazole rings is 1. The summed E-state index contributed by atoms with van der Waals surface area (Å²) in [7, 11) is 0. The molecule has 1 N–H and O–H groups in total. The Morgan fingerprint density at radius 3 is 2.93 bits per heavy atom. The lowest BCUT2D eigenvalue weighted by Gasteiger charge is -2.19. The van der Waals surface area contributed by atoms with E-state index in [4.69, 9.17) is 16.7 Å². The van der Waals surface area contributed by atoms with Gasteiger partial charge in [-0.05, 0) is 12.8 Å². The molecule has 1 heterocycles. The number of nitrogens with zero attached hydrogens (tertiary/aromatic N) is 2. The van der Waals surface area contributed by atoms with Crippen molar-refractivity contribution in [1.29, 1.82) is 0 Å². The zero-order chi connectivity index (χ0) is 9.97. The first-order chi connectivity index (χ1) is 6.79. The van der Waals surface area contributed by atoms with Crippen LogP contribution >= 0.6 is 22.9 Å². The van der Waals surface area contributed by atoms with E-state index in [0.29, 0.717) is 10.5 Å². The Morgan fingerprint density at radius 2 is 2.43 bits per heavy atom. The molecule has 0 atom stereocenters. The monoisotopic (exact) mass is 232 g/mol. The molecule has 2 rings (SSSR count). The van der Waals surface area contributed by atoms with Gasteiger partial charge in [0.25, 0.3) is 0 Å². The number of aliphatic hydroxyl groups excluding tert-OH is 1. The fraction of sp³-hybridized carbons (Fsp3) is 0.667. The number of aliphatic hydroxyl groups is 1. The largest absolute Gasteiger partial charge is 0.395 e. The Labute approximate surface area is 92.3 Å². The summed E-state index contributed by atoms with van der Waals surface area (Å²) in [5.41, 5.74) is 0. The molecule has 0 saturated heterocycles. The zero-order valence-electron chi connectivity index (χ0n) is 7.82. The Bertz CT molecular complexity index is 301. The van der Waals surface area contributed by atoms with Crippen LogP contribution in [-0.4, -0.2) is 34.2 Å². The van der Waals surface area contributed by atoms with Crippen molar-refractivity contribution < 1.29 is 5.11 Å². The minimum absolute atomic E-state index is 0.225. The van der Waals surface area contributed by atoms with E-state index >= 15 is 0 Å². The van der Waals surface area contributed by atoms with Crippen molar-refractivity contribution in [2.24, 2.45) is 0 Å². The third-order valence-electron chi connectivity index (χ3n) is 2.33. The SMILES string of the molecule is OCCN(Cc1cnc(Cl)s1)C1CC1. The highest BCUT2D eigenvalue weighted by Gasteiger charge is 2.28. The van der Waals surface area contributed by atoms with Gasteiger partial charge in [-0.15, -0.1) is 11.3 Å². The molecule has 0 radical (unpaired) electrons. The number of hydrogen-bond donors (Lipinski definition) is 1. The summed E-state index contributed by atoms with van der Waals surface area (Å²) in [5, 5.41) is 8.92. The quantitative estimate of drug-likeness (QED) is 0.841. The summed E-state index contributed by atoms with van der Waals surface area (Å²) in [4.78, 5) is 7.48. The summed E-state index contributed by atoms with van der Waals surface area (Å²) in [6.07, 6.45) is 4.33. The topological polar surface area (TPSA) is 36.4 Å². The first-order valence-corrected chi connectivity index (χ1v) is 5.94. The summed E-state index contributed by atoms with van der Waals surface area (Å²) < 4.78 is 0.597. The molecule has 0 bridgehead atoms. The van der Waals surface area contributed by atoms with Crippen molar-refractivity contribution in [3.8, 4) is 0 Å². The minimum atomic E-state index is 0.225. The van der Waals surface area contributed by atoms with Gasteiger partial charge in [-0.3, -0.25) is 4.90 Å². The van der Waals surface area contributed by atoms with E-state index in [-0.39, 0.29) is 6.61 Å². The third kappa shape index (κ3) is 2.67. The van der Waals surface area contributed by atoms with Crippen LogP contribution in [0.1, 0.15) is 17.7 Å². The molecule has 1 saturated carbocycles. The smallest absolute Gasteiger partial charge is 0.183 e. The second kappa shape index (κ2) is 4.57. The normalized spacial score (nSPS) is 16.5. The maximum absolute atomic E-state index is 8.92. The van der Waals surface area contributed by atoms with Gasteiger partial charge in [-0.1, -0.05) is 11.6 Å². The highest BCUT2D eigenvalue weighted by atomic mass is 35.5. The van der Waals surface area contributed by atoms with E-state index in [2.05, 4.69) is 9.88 Å². The lowest BCUT2D eigenvalue weighted by molar-refractivity contribution is 0.184. The van der Waals surface area contributed by atoms with Gasteiger partial charge >= 0.3 is 0 Å². The summed E-state index contributed by atoms with van der Waals surface area (Å²) in [6.45, 7) is 1.85. The minimum Gasteiger partial charge on any atom is -0.395 e. The molecule has 0 amide bonds. The van der Waals surface area contributed by atoms with Crippen LogP contribution in [0.15, 0.2) is 6.20 Å². The van der Waals surface area contributed by atoms with Crippen molar-refractivity contribution in [2.45, 2.75) is 25.4 Å². The Hall–Kier alpha value is -0.160. The second-order valence-electron chi connectivity index (χ2n) is 3.50. The lowest BCUT2D eigenvalue weighted by Crippen LogP contribution is -2.28. The fourth-order valence-corrected chi connectivity index (χ4v) is 2.52. The van der Waals surface area contributed by atoms with Crippen LogP contribution in [0.5, 0.6) is 0 Å². The van der Waals surface area contributed by atoms with Gasteiger partial charge in [0.05, 0.1) is 6.61 Å². The molecule has 5 heteroatoms. The van der Waals surface area contributed by atoms with Gasteiger partial charge in [0.1, 0.15) is 0 Å². The summed E-state index contributed by atoms with van der Waals surface area (Å²) >= 11 is 7.27. The van der Waals surface area contributed by atoms with E-state index in [0.717, 1.165) is 13.1 Å². The molecule has 3 nitrogen and oxygen atoms in total. The van der Waals surface area contributed by atoms with E-state index in [1.54, 1.807) is 0 Å². The van der Waals surface area contributed by atoms with Crippen molar-refractivity contribution in [1.82, 2.24) is 9.88 Å². The Balaban J connectivity index is 1.92. The first kappa shape index (κ1) is 10.4. The van der Waals surface area contributed by atoms with Crippen LogP contribution in [0.2, 0.25) is 4.47 Å². The highest BCUT2D eigenvalue weighted by Crippen LogP contribution is 2.29. The van der Waals surface area contributed by atoms with Gasteiger partial charge in [0.2, 0.25) is 0 Å². The van der Waals surface area contributed by atoms with Gasteiger partial charge < -0.3 is 5.11 Å². The maximum Gasteiger partial charge on any atom is 0.183 e. The predicted molar refractivity (Wildman–Crippen MR) is 57.6 cm³/mol. The molecule has 0 aromatic carbocycles. The molecule has 0 unspecified atom stereocenters. The third-order valence-corrected chi connectivity index (χ3v) is 3.43. The number of hydrogen-bond acceptors (Lipinski definition) is 4.